The van der Waals surface area contributed by atoms with Crippen LogP contribution in [0.4, 0.5) is 4.39 Å². The Labute approximate surface area is 110 Å². The molecule has 1 aromatic carbocycles. The van der Waals surface area contributed by atoms with Crippen LogP contribution in [0.1, 0.15) is 5.56 Å². The molecule has 0 saturated heterocycles. The van der Waals surface area contributed by atoms with E-state index in [0.29, 0.717) is 18.0 Å². The molecule has 2 aromatic rings. The number of hydrogen-bond acceptors (Lipinski definition) is 3. The predicted octanol–water partition coefficient (Wildman–Crippen LogP) is 3.39. The smallest absolute Gasteiger partial charge is 0.142 e. The summed E-state index contributed by atoms with van der Waals surface area (Å²) in [7, 11) is 1.84. The van der Waals surface area contributed by atoms with Crippen molar-refractivity contribution in [2.24, 2.45) is 0 Å². The summed E-state index contributed by atoms with van der Waals surface area (Å²) in [5.74, 6) is 0.696. The van der Waals surface area contributed by atoms with Crippen molar-refractivity contribution < 1.29 is 9.13 Å². The lowest BCUT2D eigenvalue weighted by atomic mass is 10.2. The van der Waals surface area contributed by atoms with Gasteiger partial charge in [-0.2, -0.15) is 0 Å². The first-order valence-electron chi connectivity index (χ1n) is 5.41. The molecule has 18 heavy (non-hydrogen) atoms. The van der Waals surface area contributed by atoms with Crippen LogP contribution in [0.25, 0.3) is 0 Å². The average molecular weight is 267 g/mol. The van der Waals surface area contributed by atoms with Gasteiger partial charge in [-0.05, 0) is 25.2 Å². The Morgan fingerprint density at radius 1 is 1.39 bits per heavy atom. The Hall–Kier alpha value is -1.65. The SMILES string of the molecule is CNCc1cnccc1Oc1ccc(F)c(Cl)c1. The van der Waals surface area contributed by atoms with E-state index in [0.717, 1.165) is 5.56 Å². The summed E-state index contributed by atoms with van der Waals surface area (Å²) in [6, 6.07) is 6.01. The van der Waals surface area contributed by atoms with Crippen molar-refractivity contribution in [2.75, 3.05) is 7.05 Å². The van der Waals surface area contributed by atoms with Gasteiger partial charge in [-0.1, -0.05) is 11.6 Å². The fourth-order valence-electron chi connectivity index (χ4n) is 1.50. The van der Waals surface area contributed by atoms with Crippen molar-refractivity contribution in [1.29, 1.82) is 0 Å². The third kappa shape index (κ3) is 2.97. The second kappa shape index (κ2) is 5.80. The molecule has 0 fully saturated rings. The Kier molecular flexibility index (Phi) is 4.12. The van der Waals surface area contributed by atoms with Crippen LogP contribution in [0, 0.1) is 5.82 Å². The molecular weight excluding hydrogens is 255 g/mol. The van der Waals surface area contributed by atoms with Crippen LogP contribution in [-0.4, -0.2) is 12.0 Å². The molecule has 0 radical (unpaired) electrons. The third-order valence-electron chi connectivity index (χ3n) is 2.34. The van der Waals surface area contributed by atoms with E-state index in [4.69, 9.17) is 16.3 Å². The average Bonchev–Trinajstić information content (AvgIpc) is 2.37. The van der Waals surface area contributed by atoms with Crippen molar-refractivity contribution in [1.82, 2.24) is 10.3 Å². The third-order valence-corrected chi connectivity index (χ3v) is 2.63. The lowest BCUT2D eigenvalue weighted by Gasteiger charge is -2.10. The van der Waals surface area contributed by atoms with Crippen LogP contribution in [0.5, 0.6) is 11.5 Å². The summed E-state index contributed by atoms with van der Waals surface area (Å²) < 4.78 is 18.7. The molecular formula is C13H12ClFN2O. The Balaban J connectivity index is 2.25. The summed E-state index contributed by atoms with van der Waals surface area (Å²) in [6.45, 7) is 0.637. The van der Waals surface area contributed by atoms with Crippen LogP contribution < -0.4 is 10.1 Å². The Bertz CT molecular complexity index is 548. The Morgan fingerprint density at radius 2 is 2.22 bits per heavy atom. The van der Waals surface area contributed by atoms with Gasteiger partial charge in [-0.15, -0.1) is 0 Å². The molecule has 2 rings (SSSR count). The lowest BCUT2D eigenvalue weighted by Crippen LogP contribution is -2.06. The molecule has 94 valence electrons. The first kappa shape index (κ1) is 12.8. The minimum atomic E-state index is -0.464. The van der Waals surface area contributed by atoms with Crippen LogP contribution in [0.15, 0.2) is 36.7 Å². The fraction of sp³-hybridized carbons (Fsp3) is 0.154. The number of nitrogens with zero attached hydrogens (tertiary/aromatic N) is 1. The van der Waals surface area contributed by atoms with Gasteiger partial charge < -0.3 is 10.1 Å². The molecule has 0 amide bonds. The number of hydrogen-bond donors (Lipinski definition) is 1. The van der Waals surface area contributed by atoms with Gasteiger partial charge in [0.15, 0.2) is 0 Å². The number of benzene rings is 1. The van der Waals surface area contributed by atoms with Gasteiger partial charge in [0.1, 0.15) is 17.3 Å². The zero-order valence-electron chi connectivity index (χ0n) is 9.78. The molecule has 0 atom stereocenters. The quantitative estimate of drug-likeness (QED) is 0.921. The van der Waals surface area contributed by atoms with E-state index in [2.05, 4.69) is 10.3 Å². The summed E-state index contributed by atoms with van der Waals surface area (Å²) in [5, 5.41) is 3.06. The van der Waals surface area contributed by atoms with E-state index in [1.165, 1.54) is 18.2 Å². The van der Waals surface area contributed by atoms with Crippen LogP contribution in [0.3, 0.4) is 0 Å². The second-order valence-corrected chi connectivity index (χ2v) is 4.10. The van der Waals surface area contributed by atoms with Crippen LogP contribution >= 0.6 is 11.6 Å². The first-order valence-corrected chi connectivity index (χ1v) is 5.79. The molecule has 0 aliphatic heterocycles. The number of halogens is 2. The summed E-state index contributed by atoms with van der Waals surface area (Å²) in [6.07, 6.45) is 3.36. The van der Waals surface area contributed by atoms with Crippen LogP contribution in [0.2, 0.25) is 5.02 Å². The summed E-state index contributed by atoms with van der Waals surface area (Å²) >= 11 is 5.70. The maximum Gasteiger partial charge on any atom is 0.142 e. The van der Waals surface area contributed by atoms with Crippen molar-refractivity contribution >= 4 is 11.6 Å². The molecule has 0 unspecified atom stereocenters. The molecule has 3 nitrogen and oxygen atoms in total. The monoisotopic (exact) mass is 266 g/mol. The second-order valence-electron chi connectivity index (χ2n) is 3.69. The number of ether oxygens (including phenoxy) is 1. The van der Waals surface area contributed by atoms with Gasteiger partial charge in [-0.25, -0.2) is 4.39 Å². The standard InChI is InChI=1S/C13H12ClFN2O/c1-16-7-9-8-17-5-4-13(9)18-10-2-3-12(15)11(14)6-10/h2-6,8,16H,7H2,1H3. The topological polar surface area (TPSA) is 34.2 Å². The van der Waals surface area contributed by atoms with Gasteiger partial charge >= 0.3 is 0 Å². The van der Waals surface area contributed by atoms with Crippen molar-refractivity contribution in [3.63, 3.8) is 0 Å². The van der Waals surface area contributed by atoms with Crippen molar-refractivity contribution in [3.05, 3.63) is 53.1 Å². The van der Waals surface area contributed by atoms with E-state index in [1.807, 2.05) is 7.05 Å². The highest BCUT2D eigenvalue weighted by atomic mass is 35.5. The highest BCUT2D eigenvalue weighted by Crippen LogP contribution is 2.27. The maximum absolute atomic E-state index is 13.0. The largest absolute Gasteiger partial charge is 0.457 e. The molecule has 1 heterocycles. The number of aromatic nitrogens is 1. The van der Waals surface area contributed by atoms with Gasteiger partial charge in [-0.3, -0.25) is 4.98 Å². The highest BCUT2D eigenvalue weighted by molar-refractivity contribution is 6.30. The van der Waals surface area contributed by atoms with E-state index < -0.39 is 5.82 Å². The minimum Gasteiger partial charge on any atom is -0.457 e. The summed E-state index contributed by atoms with van der Waals surface area (Å²) in [5.41, 5.74) is 0.917. The molecule has 0 saturated carbocycles. The number of rotatable bonds is 4. The molecule has 0 spiro atoms. The first-order chi connectivity index (χ1) is 8.70. The van der Waals surface area contributed by atoms with Gasteiger partial charge in [0.2, 0.25) is 0 Å². The van der Waals surface area contributed by atoms with Crippen molar-refractivity contribution in [2.45, 2.75) is 6.54 Å². The molecule has 5 heteroatoms. The van der Waals surface area contributed by atoms with Gasteiger partial charge in [0.25, 0.3) is 0 Å². The predicted molar refractivity (Wildman–Crippen MR) is 68.5 cm³/mol. The zero-order chi connectivity index (χ0) is 13.0. The van der Waals surface area contributed by atoms with E-state index >= 15 is 0 Å². The van der Waals surface area contributed by atoms with Crippen LogP contribution in [-0.2, 0) is 6.54 Å². The molecule has 1 N–H and O–H groups in total. The fourth-order valence-corrected chi connectivity index (χ4v) is 1.68. The van der Waals surface area contributed by atoms with E-state index in [-0.39, 0.29) is 5.02 Å². The normalized spacial score (nSPS) is 10.4. The van der Waals surface area contributed by atoms with Crippen molar-refractivity contribution in [3.8, 4) is 11.5 Å². The van der Waals surface area contributed by atoms with Gasteiger partial charge in [0, 0.05) is 30.6 Å². The number of pyridine rings is 1. The number of nitrogens with one attached hydrogen (secondary N) is 1. The summed E-state index contributed by atoms with van der Waals surface area (Å²) in [4.78, 5) is 4.03. The lowest BCUT2D eigenvalue weighted by molar-refractivity contribution is 0.471. The van der Waals surface area contributed by atoms with E-state index in [9.17, 15) is 4.39 Å². The molecule has 1 aromatic heterocycles. The van der Waals surface area contributed by atoms with Gasteiger partial charge in [0.05, 0.1) is 5.02 Å². The molecule has 0 aliphatic rings. The van der Waals surface area contributed by atoms with E-state index in [1.54, 1.807) is 18.5 Å². The Morgan fingerprint density at radius 3 is 2.94 bits per heavy atom. The zero-order valence-corrected chi connectivity index (χ0v) is 10.5. The maximum atomic E-state index is 13.0. The molecule has 0 aliphatic carbocycles. The molecule has 0 bridgehead atoms. The highest BCUT2D eigenvalue weighted by Gasteiger charge is 2.06. The minimum absolute atomic E-state index is 0.0386.